The van der Waals surface area contributed by atoms with E-state index in [1.54, 1.807) is 23.0 Å². The van der Waals surface area contributed by atoms with Gasteiger partial charge in [-0.2, -0.15) is 5.10 Å². The van der Waals surface area contributed by atoms with E-state index in [-0.39, 0.29) is 18.2 Å². The Morgan fingerprint density at radius 3 is 2.70 bits per heavy atom. The highest BCUT2D eigenvalue weighted by Gasteiger charge is 2.54. The maximum absolute atomic E-state index is 13.1. The third-order valence-electron chi connectivity index (χ3n) is 5.36. The van der Waals surface area contributed by atoms with E-state index in [4.69, 9.17) is 11.6 Å². The molecular formula is C20H15ClN4O2. The highest BCUT2D eigenvalue weighted by atomic mass is 35.5. The lowest BCUT2D eigenvalue weighted by atomic mass is 9.72. The number of fused-ring (bicyclic) bond motifs is 4. The van der Waals surface area contributed by atoms with Crippen LogP contribution in [0.5, 0.6) is 0 Å². The first-order valence-electron chi connectivity index (χ1n) is 8.57. The second-order valence-electron chi connectivity index (χ2n) is 6.85. The monoisotopic (exact) mass is 378 g/mol. The van der Waals surface area contributed by atoms with Gasteiger partial charge in [-0.3, -0.25) is 9.59 Å². The van der Waals surface area contributed by atoms with Gasteiger partial charge >= 0.3 is 0 Å². The highest BCUT2D eigenvalue weighted by Crippen LogP contribution is 2.51. The van der Waals surface area contributed by atoms with Crippen LogP contribution < -0.4 is 10.6 Å². The van der Waals surface area contributed by atoms with Crippen LogP contribution in [-0.4, -0.2) is 21.6 Å². The van der Waals surface area contributed by atoms with Crippen molar-refractivity contribution in [2.75, 3.05) is 10.6 Å². The molecule has 0 fully saturated rings. The van der Waals surface area contributed by atoms with Crippen molar-refractivity contribution < 1.29 is 9.59 Å². The molecule has 7 heteroatoms. The average molecular weight is 379 g/mol. The lowest BCUT2D eigenvalue weighted by Gasteiger charge is -2.31. The number of halogens is 1. The molecule has 1 spiro atoms. The Morgan fingerprint density at radius 2 is 1.89 bits per heavy atom. The topological polar surface area (TPSA) is 76.0 Å². The normalized spacial score (nSPS) is 20.2. The summed E-state index contributed by atoms with van der Waals surface area (Å²) in [7, 11) is 0. The number of amides is 2. The molecule has 2 aliphatic heterocycles. The quantitative estimate of drug-likeness (QED) is 0.681. The Bertz CT molecular complexity index is 1140. The third kappa shape index (κ3) is 2.04. The van der Waals surface area contributed by atoms with Gasteiger partial charge < -0.3 is 10.6 Å². The molecule has 1 unspecified atom stereocenters. The summed E-state index contributed by atoms with van der Waals surface area (Å²) in [5.41, 5.74) is 2.67. The van der Waals surface area contributed by atoms with Crippen LogP contribution in [0.15, 0.2) is 48.7 Å². The average Bonchev–Trinajstić information content (AvgIpc) is 3.17. The lowest BCUT2D eigenvalue weighted by molar-refractivity contribution is -0.125. The minimum Gasteiger partial charge on any atom is -0.323 e. The van der Waals surface area contributed by atoms with Gasteiger partial charge in [0.15, 0.2) is 0 Å². The Balaban J connectivity index is 1.79. The van der Waals surface area contributed by atoms with Gasteiger partial charge in [0, 0.05) is 12.0 Å². The van der Waals surface area contributed by atoms with Crippen LogP contribution in [0.2, 0.25) is 5.02 Å². The van der Waals surface area contributed by atoms with E-state index in [0.717, 1.165) is 11.3 Å². The third-order valence-corrected chi connectivity index (χ3v) is 5.67. The number of rotatable bonds is 1. The molecule has 3 aromatic rings. The fourth-order valence-electron chi connectivity index (χ4n) is 4.07. The first-order valence-corrected chi connectivity index (χ1v) is 8.95. The number of benzene rings is 2. The summed E-state index contributed by atoms with van der Waals surface area (Å²) in [5.74, 6) is 0.0235. The van der Waals surface area contributed by atoms with Crippen molar-refractivity contribution in [3.8, 4) is 5.69 Å². The van der Waals surface area contributed by atoms with Gasteiger partial charge in [0.1, 0.15) is 11.2 Å². The van der Waals surface area contributed by atoms with E-state index >= 15 is 0 Å². The predicted molar refractivity (Wildman–Crippen MR) is 102 cm³/mol. The van der Waals surface area contributed by atoms with Gasteiger partial charge in [-0.15, -0.1) is 0 Å². The number of hydrogen-bond acceptors (Lipinski definition) is 3. The Labute approximate surface area is 160 Å². The van der Waals surface area contributed by atoms with Crippen molar-refractivity contribution in [3.63, 3.8) is 0 Å². The SMILES string of the molecule is Cc1ccccc1-n1ncc2c1NC(=O)CC21C(=O)Nc2c(Cl)cccc21. The van der Waals surface area contributed by atoms with Crippen molar-refractivity contribution in [1.82, 2.24) is 9.78 Å². The molecule has 5 rings (SSSR count). The lowest BCUT2D eigenvalue weighted by Crippen LogP contribution is -2.43. The van der Waals surface area contributed by atoms with Crippen LogP contribution in [0.3, 0.4) is 0 Å². The van der Waals surface area contributed by atoms with Crippen molar-refractivity contribution >= 4 is 34.9 Å². The van der Waals surface area contributed by atoms with E-state index in [2.05, 4.69) is 15.7 Å². The molecule has 2 aliphatic rings. The molecule has 0 bridgehead atoms. The van der Waals surface area contributed by atoms with Gasteiger partial charge in [0.25, 0.3) is 0 Å². The zero-order valence-corrected chi connectivity index (χ0v) is 15.2. The first kappa shape index (κ1) is 16.1. The van der Waals surface area contributed by atoms with Crippen LogP contribution in [0.4, 0.5) is 11.5 Å². The van der Waals surface area contributed by atoms with Crippen LogP contribution in [0.25, 0.3) is 5.69 Å². The zero-order valence-electron chi connectivity index (χ0n) is 14.4. The Morgan fingerprint density at radius 1 is 1.07 bits per heavy atom. The summed E-state index contributed by atoms with van der Waals surface area (Å²) in [6.45, 7) is 1.97. The number of nitrogens with one attached hydrogen (secondary N) is 2. The fourth-order valence-corrected chi connectivity index (χ4v) is 4.29. The first-order chi connectivity index (χ1) is 13.0. The molecule has 1 atom stereocenters. The summed E-state index contributed by atoms with van der Waals surface area (Å²) < 4.78 is 1.68. The van der Waals surface area contributed by atoms with Crippen molar-refractivity contribution in [2.45, 2.75) is 18.8 Å². The number of anilines is 2. The molecule has 2 amide bonds. The molecule has 2 N–H and O–H groups in total. The standard InChI is InChI=1S/C20H15ClN4O2/c1-11-5-2-3-8-15(11)25-18-13(10-22-25)20(9-16(26)23-18)12-6-4-7-14(21)17(12)24-19(20)27/h2-8,10H,9H2,1H3,(H,23,26)(H,24,27). The van der Waals surface area contributed by atoms with Gasteiger partial charge in [-0.05, 0) is 30.2 Å². The molecule has 0 saturated carbocycles. The number of para-hydroxylation sites is 2. The molecule has 2 aromatic carbocycles. The van der Waals surface area contributed by atoms with Gasteiger partial charge in [-0.25, -0.2) is 4.68 Å². The number of carbonyl (C=O) groups is 2. The number of nitrogens with zero attached hydrogens (tertiary/aromatic N) is 2. The Hall–Kier alpha value is -3.12. The number of hydrogen-bond donors (Lipinski definition) is 2. The minimum atomic E-state index is -1.13. The van der Waals surface area contributed by atoms with Crippen LogP contribution >= 0.6 is 11.6 Å². The molecular weight excluding hydrogens is 364 g/mol. The fraction of sp³-hybridized carbons (Fsp3) is 0.150. The molecule has 0 saturated heterocycles. The van der Waals surface area contributed by atoms with Crippen molar-refractivity contribution in [3.05, 3.63) is 70.4 Å². The van der Waals surface area contributed by atoms with Crippen molar-refractivity contribution in [2.24, 2.45) is 0 Å². The molecule has 6 nitrogen and oxygen atoms in total. The minimum absolute atomic E-state index is 0.0125. The summed E-state index contributed by atoms with van der Waals surface area (Å²) in [4.78, 5) is 25.7. The van der Waals surface area contributed by atoms with Crippen LogP contribution in [0.1, 0.15) is 23.1 Å². The zero-order chi connectivity index (χ0) is 18.8. The maximum Gasteiger partial charge on any atom is 0.240 e. The summed E-state index contributed by atoms with van der Waals surface area (Å²) in [6, 6.07) is 13.1. The molecule has 1 aromatic heterocycles. The van der Waals surface area contributed by atoms with Gasteiger partial charge in [0.2, 0.25) is 11.8 Å². The Kier molecular flexibility index (Phi) is 3.24. The highest BCUT2D eigenvalue weighted by molar-refractivity contribution is 6.35. The molecule has 0 radical (unpaired) electrons. The van der Waals surface area contributed by atoms with Gasteiger partial charge in [-0.1, -0.05) is 41.9 Å². The smallest absolute Gasteiger partial charge is 0.240 e. The largest absolute Gasteiger partial charge is 0.323 e. The predicted octanol–water partition coefficient (Wildman–Crippen LogP) is 3.41. The molecule has 27 heavy (non-hydrogen) atoms. The van der Waals surface area contributed by atoms with Crippen molar-refractivity contribution in [1.29, 1.82) is 0 Å². The summed E-state index contributed by atoms with van der Waals surface area (Å²) in [6.07, 6.45) is 1.68. The van der Waals surface area contributed by atoms with E-state index in [0.29, 0.717) is 27.7 Å². The maximum atomic E-state index is 13.1. The second kappa shape index (κ2) is 5.44. The van der Waals surface area contributed by atoms with E-state index in [1.807, 2.05) is 37.3 Å². The summed E-state index contributed by atoms with van der Waals surface area (Å²) in [5, 5.41) is 10.7. The molecule has 3 heterocycles. The van der Waals surface area contributed by atoms with E-state index in [1.165, 1.54) is 0 Å². The van der Waals surface area contributed by atoms with Crippen LogP contribution in [-0.2, 0) is 15.0 Å². The molecule has 0 aliphatic carbocycles. The van der Waals surface area contributed by atoms with Gasteiger partial charge in [0.05, 0.1) is 22.6 Å². The van der Waals surface area contributed by atoms with E-state index in [9.17, 15) is 9.59 Å². The number of aryl methyl sites for hydroxylation is 1. The second-order valence-corrected chi connectivity index (χ2v) is 7.26. The van der Waals surface area contributed by atoms with E-state index < -0.39 is 5.41 Å². The summed E-state index contributed by atoms with van der Waals surface area (Å²) >= 11 is 6.29. The number of aromatic nitrogens is 2. The van der Waals surface area contributed by atoms with Crippen LogP contribution in [0, 0.1) is 6.92 Å². The number of carbonyl (C=O) groups excluding carboxylic acids is 2. The molecule has 134 valence electrons.